The molecular weight excluding hydrogens is 220 g/mol. The van der Waals surface area contributed by atoms with Crippen LogP contribution in [0.4, 0.5) is 4.79 Å². The average Bonchev–Trinajstić information content (AvgIpc) is 2.19. The fourth-order valence-corrected chi connectivity index (χ4v) is 2.17. The van der Waals surface area contributed by atoms with Crippen LogP contribution < -0.4 is 10.6 Å². The molecule has 5 nitrogen and oxygen atoms in total. The highest BCUT2D eigenvalue weighted by molar-refractivity contribution is 5.75. The molecule has 1 aliphatic rings. The summed E-state index contributed by atoms with van der Waals surface area (Å²) < 4.78 is 0. The second kappa shape index (κ2) is 6.47. The van der Waals surface area contributed by atoms with Gasteiger partial charge in [-0.3, -0.25) is 4.79 Å². The van der Waals surface area contributed by atoms with Crippen LogP contribution in [0.2, 0.25) is 0 Å². The van der Waals surface area contributed by atoms with E-state index in [1.165, 1.54) is 0 Å². The lowest BCUT2D eigenvalue weighted by molar-refractivity contribution is -0.137. The summed E-state index contributed by atoms with van der Waals surface area (Å²) in [5.41, 5.74) is 0. The van der Waals surface area contributed by atoms with Gasteiger partial charge < -0.3 is 15.7 Å². The highest BCUT2D eigenvalue weighted by Gasteiger charge is 2.20. The molecule has 98 valence electrons. The molecule has 1 fully saturated rings. The summed E-state index contributed by atoms with van der Waals surface area (Å²) in [7, 11) is 0. The van der Waals surface area contributed by atoms with Crippen LogP contribution in [-0.4, -0.2) is 29.2 Å². The highest BCUT2D eigenvalue weighted by atomic mass is 16.4. The smallest absolute Gasteiger partial charge is 0.315 e. The molecule has 0 spiro atoms. The van der Waals surface area contributed by atoms with Crippen molar-refractivity contribution in [2.45, 2.75) is 58.0 Å². The van der Waals surface area contributed by atoms with E-state index in [0.29, 0.717) is 0 Å². The van der Waals surface area contributed by atoms with Crippen molar-refractivity contribution in [3.63, 3.8) is 0 Å². The Bertz CT molecular complexity index is 273. The van der Waals surface area contributed by atoms with Gasteiger partial charge in [-0.1, -0.05) is 6.92 Å². The molecule has 3 N–H and O–H groups in total. The fraction of sp³-hybridized carbons (Fsp3) is 0.833. The second-order valence-corrected chi connectivity index (χ2v) is 5.07. The molecule has 0 saturated heterocycles. The quantitative estimate of drug-likeness (QED) is 0.702. The van der Waals surface area contributed by atoms with E-state index in [4.69, 9.17) is 5.11 Å². The van der Waals surface area contributed by atoms with Crippen LogP contribution in [0.1, 0.15) is 46.0 Å². The molecule has 1 rings (SSSR count). The first-order valence-corrected chi connectivity index (χ1v) is 6.26. The van der Waals surface area contributed by atoms with Crippen LogP contribution >= 0.6 is 0 Å². The van der Waals surface area contributed by atoms with Crippen LogP contribution in [0.15, 0.2) is 0 Å². The minimum atomic E-state index is -0.899. The van der Waals surface area contributed by atoms with E-state index in [2.05, 4.69) is 17.6 Å². The lowest BCUT2D eigenvalue weighted by Crippen LogP contribution is -2.46. The van der Waals surface area contributed by atoms with Gasteiger partial charge >= 0.3 is 12.0 Å². The van der Waals surface area contributed by atoms with Crippen molar-refractivity contribution >= 4 is 12.0 Å². The summed E-state index contributed by atoms with van der Waals surface area (Å²) in [6.07, 6.45) is 4.28. The maximum Gasteiger partial charge on any atom is 0.315 e. The molecule has 5 heteroatoms. The van der Waals surface area contributed by atoms with E-state index in [9.17, 15) is 9.59 Å². The number of rotatable bonds is 4. The maximum atomic E-state index is 11.6. The van der Waals surface area contributed by atoms with Crippen molar-refractivity contribution < 1.29 is 14.7 Å². The van der Waals surface area contributed by atoms with Crippen molar-refractivity contribution in [3.05, 3.63) is 0 Å². The summed E-state index contributed by atoms with van der Waals surface area (Å²) in [6, 6.07) is -0.350. The topological polar surface area (TPSA) is 78.4 Å². The minimum absolute atomic E-state index is 0.0465. The third kappa shape index (κ3) is 5.56. The average molecular weight is 242 g/mol. The van der Waals surface area contributed by atoms with Gasteiger partial charge in [-0.25, -0.2) is 4.79 Å². The molecule has 1 atom stereocenters. The predicted octanol–water partition coefficient (Wildman–Crippen LogP) is 1.73. The molecule has 1 unspecified atom stereocenters. The van der Waals surface area contributed by atoms with Crippen LogP contribution in [0.3, 0.4) is 0 Å². The number of hydrogen-bond acceptors (Lipinski definition) is 2. The van der Waals surface area contributed by atoms with Gasteiger partial charge in [-0.05, 0) is 38.5 Å². The molecule has 1 aliphatic carbocycles. The molecule has 17 heavy (non-hydrogen) atoms. The Kier molecular flexibility index (Phi) is 5.25. The van der Waals surface area contributed by atoms with E-state index in [1.54, 1.807) is 6.92 Å². The third-order valence-corrected chi connectivity index (χ3v) is 3.21. The Morgan fingerprint density at radius 3 is 2.41 bits per heavy atom. The molecule has 1 saturated carbocycles. The molecule has 0 radical (unpaired) electrons. The predicted molar refractivity (Wildman–Crippen MR) is 64.8 cm³/mol. The monoisotopic (exact) mass is 242 g/mol. The molecule has 0 aromatic heterocycles. The number of urea groups is 1. The van der Waals surface area contributed by atoms with Crippen LogP contribution in [0.25, 0.3) is 0 Å². The normalized spacial score (nSPS) is 26.0. The van der Waals surface area contributed by atoms with Gasteiger partial charge in [-0.15, -0.1) is 0 Å². The summed E-state index contributed by atoms with van der Waals surface area (Å²) in [6.45, 7) is 3.92. The van der Waals surface area contributed by atoms with Crippen molar-refractivity contribution in [1.29, 1.82) is 0 Å². The first-order valence-electron chi connectivity index (χ1n) is 6.26. The molecule has 2 amide bonds. The number of carboxylic acid groups (broad SMARTS) is 1. The van der Waals surface area contributed by atoms with E-state index < -0.39 is 5.97 Å². The molecule has 0 bridgehead atoms. The van der Waals surface area contributed by atoms with E-state index in [-0.39, 0.29) is 24.5 Å². The van der Waals surface area contributed by atoms with Gasteiger partial charge in [-0.2, -0.15) is 0 Å². The minimum Gasteiger partial charge on any atom is -0.481 e. The zero-order valence-corrected chi connectivity index (χ0v) is 10.5. The molecule has 0 aromatic carbocycles. The Balaban J connectivity index is 2.22. The van der Waals surface area contributed by atoms with Crippen LogP contribution in [0.5, 0.6) is 0 Å². The molecule has 0 heterocycles. The van der Waals surface area contributed by atoms with E-state index >= 15 is 0 Å². The van der Waals surface area contributed by atoms with E-state index in [1.807, 2.05) is 0 Å². The number of aliphatic carboxylic acids is 1. The third-order valence-electron chi connectivity index (χ3n) is 3.21. The highest BCUT2D eigenvalue weighted by Crippen LogP contribution is 2.23. The molecular formula is C12H22N2O3. The van der Waals surface area contributed by atoms with Crippen molar-refractivity contribution in [2.75, 3.05) is 0 Å². The standard InChI is InChI=1S/C12H22N2O3/c1-8-3-5-10(6-4-8)14-12(17)13-9(2)7-11(15)16/h8-10H,3-7H2,1-2H3,(H,15,16)(H2,13,14,17). The van der Waals surface area contributed by atoms with Crippen LogP contribution in [-0.2, 0) is 4.79 Å². The van der Waals surface area contributed by atoms with Gasteiger partial charge in [0.25, 0.3) is 0 Å². The summed E-state index contributed by atoms with van der Waals surface area (Å²) in [5.74, 6) is -0.147. The Morgan fingerprint density at radius 2 is 1.88 bits per heavy atom. The number of nitrogens with one attached hydrogen (secondary N) is 2. The summed E-state index contributed by atoms with van der Waals surface area (Å²) in [4.78, 5) is 22.0. The zero-order chi connectivity index (χ0) is 12.8. The number of amides is 2. The Hall–Kier alpha value is -1.26. The number of carbonyl (C=O) groups is 2. The van der Waals surface area contributed by atoms with Gasteiger partial charge in [0, 0.05) is 12.1 Å². The second-order valence-electron chi connectivity index (χ2n) is 5.07. The Labute approximate surface area is 102 Å². The van der Waals surface area contributed by atoms with Gasteiger partial charge in [0.05, 0.1) is 6.42 Å². The fourth-order valence-electron chi connectivity index (χ4n) is 2.17. The van der Waals surface area contributed by atoms with Crippen molar-refractivity contribution in [1.82, 2.24) is 10.6 Å². The molecule has 0 aliphatic heterocycles. The van der Waals surface area contributed by atoms with Gasteiger partial charge in [0.15, 0.2) is 0 Å². The van der Waals surface area contributed by atoms with Crippen LogP contribution in [0, 0.1) is 5.92 Å². The summed E-state index contributed by atoms with van der Waals surface area (Å²) in [5, 5.41) is 14.1. The molecule has 0 aromatic rings. The maximum absolute atomic E-state index is 11.6. The zero-order valence-electron chi connectivity index (χ0n) is 10.5. The van der Waals surface area contributed by atoms with E-state index in [0.717, 1.165) is 31.6 Å². The van der Waals surface area contributed by atoms with Crippen molar-refractivity contribution in [3.8, 4) is 0 Å². The summed E-state index contributed by atoms with van der Waals surface area (Å²) >= 11 is 0. The van der Waals surface area contributed by atoms with Gasteiger partial charge in [0.1, 0.15) is 0 Å². The van der Waals surface area contributed by atoms with Gasteiger partial charge in [0.2, 0.25) is 0 Å². The lowest BCUT2D eigenvalue weighted by atomic mass is 9.87. The number of hydrogen-bond donors (Lipinski definition) is 3. The largest absolute Gasteiger partial charge is 0.481 e. The lowest BCUT2D eigenvalue weighted by Gasteiger charge is -2.27. The number of carbonyl (C=O) groups excluding carboxylic acids is 1. The first-order chi connectivity index (χ1) is 7.97. The Morgan fingerprint density at radius 1 is 1.29 bits per heavy atom. The SMILES string of the molecule is CC1CCC(NC(=O)NC(C)CC(=O)O)CC1. The number of carboxylic acids is 1. The van der Waals surface area contributed by atoms with Crippen molar-refractivity contribution in [2.24, 2.45) is 5.92 Å². The first kappa shape index (κ1) is 13.8.